The van der Waals surface area contributed by atoms with E-state index in [9.17, 15) is 0 Å². The van der Waals surface area contributed by atoms with E-state index in [0.29, 0.717) is 0 Å². The molecule has 0 spiro atoms. The summed E-state index contributed by atoms with van der Waals surface area (Å²) in [6.45, 7) is 7.41. The molecule has 0 atom stereocenters. The Morgan fingerprint density at radius 3 is 2.62 bits per heavy atom. The maximum Gasteiger partial charge on any atom is 0.0292 e. The SMILES string of the molecule is C=C/C(C)=C\N=C\C. The third-order valence-corrected chi connectivity index (χ3v) is 0.749. The predicted octanol–water partition coefficient (Wildman–Crippen LogP) is 2.17. The monoisotopic (exact) mass is 109 g/mol. The summed E-state index contributed by atoms with van der Waals surface area (Å²) in [5.74, 6) is 0. The van der Waals surface area contributed by atoms with Crippen LogP contribution in [0.25, 0.3) is 0 Å². The quantitative estimate of drug-likeness (QED) is 0.380. The molecule has 0 saturated heterocycles. The van der Waals surface area contributed by atoms with Crippen molar-refractivity contribution in [2.24, 2.45) is 4.99 Å². The van der Waals surface area contributed by atoms with E-state index in [-0.39, 0.29) is 0 Å². The molecule has 0 fully saturated rings. The van der Waals surface area contributed by atoms with Gasteiger partial charge in [0.25, 0.3) is 0 Å². The summed E-state index contributed by atoms with van der Waals surface area (Å²) in [4.78, 5) is 3.88. The van der Waals surface area contributed by atoms with E-state index in [1.165, 1.54) is 0 Å². The first-order valence-corrected chi connectivity index (χ1v) is 2.58. The fourth-order valence-electron chi connectivity index (χ4n) is 0.245. The lowest BCUT2D eigenvalue weighted by Gasteiger charge is -1.81. The molecule has 44 valence electrons. The lowest BCUT2D eigenvalue weighted by atomic mass is 10.3. The Morgan fingerprint density at radius 1 is 1.62 bits per heavy atom. The van der Waals surface area contributed by atoms with Crippen molar-refractivity contribution in [3.63, 3.8) is 0 Å². The Balaban J connectivity index is 3.74. The van der Waals surface area contributed by atoms with Gasteiger partial charge in [-0.25, -0.2) is 0 Å². The largest absolute Gasteiger partial charge is 0.269 e. The number of aliphatic imine (C=N–C) groups is 1. The van der Waals surface area contributed by atoms with Crippen LogP contribution in [-0.4, -0.2) is 6.21 Å². The second-order valence-corrected chi connectivity index (χ2v) is 1.48. The zero-order valence-corrected chi connectivity index (χ0v) is 5.39. The van der Waals surface area contributed by atoms with Crippen molar-refractivity contribution in [1.82, 2.24) is 0 Å². The lowest BCUT2D eigenvalue weighted by Crippen LogP contribution is -1.62. The number of hydrogen-bond acceptors (Lipinski definition) is 1. The molecule has 0 saturated carbocycles. The molecule has 0 rings (SSSR count). The van der Waals surface area contributed by atoms with Gasteiger partial charge in [-0.15, -0.1) is 0 Å². The fourth-order valence-corrected chi connectivity index (χ4v) is 0.245. The van der Waals surface area contributed by atoms with E-state index in [0.717, 1.165) is 5.57 Å². The Kier molecular flexibility index (Phi) is 3.85. The second-order valence-electron chi connectivity index (χ2n) is 1.48. The Morgan fingerprint density at radius 2 is 2.25 bits per heavy atom. The van der Waals surface area contributed by atoms with Gasteiger partial charge in [-0.05, 0) is 19.4 Å². The topological polar surface area (TPSA) is 12.4 Å². The van der Waals surface area contributed by atoms with Crippen LogP contribution in [0, 0.1) is 0 Å². The van der Waals surface area contributed by atoms with Gasteiger partial charge in [-0.3, -0.25) is 4.99 Å². The van der Waals surface area contributed by atoms with Crippen LogP contribution in [0.15, 0.2) is 29.4 Å². The van der Waals surface area contributed by atoms with Crippen LogP contribution >= 0.6 is 0 Å². The zero-order chi connectivity index (χ0) is 6.41. The second kappa shape index (κ2) is 4.31. The number of rotatable bonds is 2. The van der Waals surface area contributed by atoms with Crippen LogP contribution < -0.4 is 0 Å². The minimum Gasteiger partial charge on any atom is -0.269 e. The van der Waals surface area contributed by atoms with Crippen molar-refractivity contribution in [1.29, 1.82) is 0 Å². The summed E-state index contributed by atoms with van der Waals surface area (Å²) in [5, 5.41) is 0. The van der Waals surface area contributed by atoms with Gasteiger partial charge in [0.2, 0.25) is 0 Å². The maximum absolute atomic E-state index is 3.88. The Labute approximate surface area is 50.4 Å². The minimum atomic E-state index is 1.09. The first-order valence-electron chi connectivity index (χ1n) is 2.58. The summed E-state index contributed by atoms with van der Waals surface area (Å²) in [6, 6.07) is 0. The first-order chi connectivity index (χ1) is 3.81. The van der Waals surface area contributed by atoms with Gasteiger partial charge in [-0.1, -0.05) is 12.7 Å². The van der Waals surface area contributed by atoms with Crippen LogP contribution in [-0.2, 0) is 0 Å². The summed E-state index contributed by atoms with van der Waals surface area (Å²) < 4.78 is 0. The van der Waals surface area contributed by atoms with Crippen LogP contribution in [0.3, 0.4) is 0 Å². The number of nitrogens with zero attached hydrogens (tertiary/aromatic N) is 1. The van der Waals surface area contributed by atoms with Crippen molar-refractivity contribution in [2.75, 3.05) is 0 Å². The van der Waals surface area contributed by atoms with Crippen LogP contribution in [0.2, 0.25) is 0 Å². The van der Waals surface area contributed by atoms with Gasteiger partial charge in [0.15, 0.2) is 0 Å². The summed E-state index contributed by atoms with van der Waals surface area (Å²) in [5.41, 5.74) is 1.09. The molecule has 0 aromatic rings. The van der Waals surface area contributed by atoms with Gasteiger partial charge in [0, 0.05) is 12.4 Å². The van der Waals surface area contributed by atoms with E-state index < -0.39 is 0 Å². The zero-order valence-electron chi connectivity index (χ0n) is 5.39. The molecule has 0 radical (unpaired) electrons. The summed E-state index contributed by atoms with van der Waals surface area (Å²) in [6.07, 6.45) is 5.28. The maximum atomic E-state index is 3.88. The molecule has 0 N–H and O–H groups in total. The smallest absolute Gasteiger partial charge is 0.0292 e. The highest BCUT2D eigenvalue weighted by Gasteiger charge is 1.71. The van der Waals surface area contributed by atoms with Crippen molar-refractivity contribution in [2.45, 2.75) is 13.8 Å². The summed E-state index contributed by atoms with van der Waals surface area (Å²) >= 11 is 0. The highest BCUT2D eigenvalue weighted by molar-refractivity contribution is 5.54. The molecule has 0 amide bonds. The third kappa shape index (κ3) is 3.34. The van der Waals surface area contributed by atoms with Crippen molar-refractivity contribution in [3.8, 4) is 0 Å². The van der Waals surface area contributed by atoms with E-state index in [2.05, 4.69) is 11.6 Å². The normalized spacial score (nSPS) is 12.5. The van der Waals surface area contributed by atoms with E-state index in [1.54, 1.807) is 18.5 Å². The molecular formula is C7H11N. The van der Waals surface area contributed by atoms with Crippen molar-refractivity contribution in [3.05, 3.63) is 24.4 Å². The van der Waals surface area contributed by atoms with E-state index in [1.807, 2.05) is 13.8 Å². The van der Waals surface area contributed by atoms with Crippen LogP contribution in [0.4, 0.5) is 0 Å². The Hall–Kier alpha value is -0.850. The van der Waals surface area contributed by atoms with E-state index in [4.69, 9.17) is 0 Å². The van der Waals surface area contributed by atoms with Crippen LogP contribution in [0.5, 0.6) is 0 Å². The van der Waals surface area contributed by atoms with E-state index >= 15 is 0 Å². The van der Waals surface area contributed by atoms with Crippen molar-refractivity contribution >= 4 is 6.21 Å². The van der Waals surface area contributed by atoms with Gasteiger partial charge < -0.3 is 0 Å². The van der Waals surface area contributed by atoms with Gasteiger partial charge >= 0.3 is 0 Å². The van der Waals surface area contributed by atoms with Crippen LogP contribution in [0.1, 0.15) is 13.8 Å². The van der Waals surface area contributed by atoms with Crippen molar-refractivity contribution < 1.29 is 0 Å². The molecule has 0 unspecified atom stereocenters. The van der Waals surface area contributed by atoms with Gasteiger partial charge in [-0.2, -0.15) is 0 Å². The molecule has 0 bridgehead atoms. The Bertz CT molecular complexity index is 120. The molecule has 0 heterocycles. The third-order valence-electron chi connectivity index (χ3n) is 0.749. The number of hydrogen-bond donors (Lipinski definition) is 0. The predicted molar refractivity (Wildman–Crippen MR) is 38.1 cm³/mol. The summed E-state index contributed by atoms with van der Waals surface area (Å²) in [7, 11) is 0. The molecule has 0 aliphatic rings. The number of allylic oxidation sites excluding steroid dienone is 2. The van der Waals surface area contributed by atoms with Gasteiger partial charge in [0.05, 0.1) is 0 Å². The molecule has 1 nitrogen and oxygen atoms in total. The average molecular weight is 109 g/mol. The lowest BCUT2D eigenvalue weighted by molar-refractivity contribution is 1.44. The molecule has 0 aliphatic heterocycles. The van der Waals surface area contributed by atoms with Gasteiger partial charge in [0.1, 0.15) is 0 Å². The molecule has 0 aliphatic carbocycles. The highest BCUT2D eigenvalue weighted by atomic mass is 14.7. The minimum absolute atomic E-state index is 1.09. The molecule has 1 heteroatoms. The molecule has 0 aromatic heterocycles. The fraction of sp³-hybridized carbons (Fsp3) is 0.286. The average Bonchev–Trinajstić information content (AvgIpc) is 1.83. The highest BCUT2D eigenvalue weighted by Crippen LogP contribution is 1.90. The first kappa shape index (κ1) is 7.15. The molecule has 8 heavy (non-hydrogen) atoms. The standard InChI is InChI=1S/C7H11N/c1-4-7(3)6-8-5-2/h4-6H,1H2,2-3H3/b7-6-,8-5+. The molecular weight excluding hydrogens is 98.1 g/mol. The molecule has 0 aromatic carbocycles.